The normalized spacial score (nSPS) is 14.4. The van der Waals surface area contributed by atoms with Gasteiger partial charge in [0.25, 0.3) is 0 Å². The number of fused-ring (bicyclic) bond motifs is 1. The third-order valence-electron chi connectivity index (χ3n) is 6.78. The molecule has 4 aromatic rings. The molecule has 2 aromatic heterocycles. The van der Waals surface area contributed by atoms with Gasteiger partial charge in [0.15, 0.2) is 17.5 Å². The lowest BCUT2D eigenvalue weighted by atomic mass is 9.98. The Hall–Kier alpha value is -4.23. The number of aliphatic hydroxyl groups is 1. The van der Waals surface area contributed by atoms with Gasteiger partial charge in [-0.1, -0.05) is 11.3 Å². The molecule has 1 saturated heterocycles. The maximum absolute atomic E-state index is 13.8. The van der Waals surface area contributed by atoms with Gasteiger partial charge in [0.1, 0.15) is 24.4 Å². The van der Waals surface area contributed by atoms with Gasteiger partial charge in [-0.05, 0) is 62.5 Å². The number of hydrogen-bond acceptors (Lipinski definition) is 9. The molecule has 5 rings (SSSR count). The van der Waals surface area contributed by atoms with E-state index >= 15 is 0 Å². The molecular formula is C27H30F2N8O3. The van der Waals surface area contributed by atoms with Crippen LogP contribution in [-0.4, -0.2) is 73.7 Å². The van der Waals surface area contributed by atoms with E-state index in [1.807, 2.05) is 18.2 Å². The summed E-state index contributed by atoms with van der Waals surface area (Å²) < 4.78 is 34.4. The Labute approximate surface area is 229 Å². The van der Waals surface area contributed by atoms with Gasteiger partial charge in [0.2, 0.25) is 5.91 Å². The van der Waals surface area contributed by atoms with E-state index in [-0.39, 0.29) is 18.8 Å². The second-order valence-corrected chi connectivity index (χ2v) is 9.65. The highest BCUT2D eigenvalue weighted by Crippen LogP contribution is 2.26. The lowest BCUT2D eigenvalue weighted by molar-refractivity contribution is -0.117. The van der Waals surface area contributed by atoms with Crippen molar-refractivity contribution in [3.63, 3.8) is 0 Å². The summed E-state index contributed by atoms with van der Waals surface area (Å²) in [5, 5.41) is 23.3. The maximum atomic E-state index is 13.8. The highest BCUT2D eigenvalue weighted by molar-refractivity contribution is 5.91. The average molecular weight is 553 g/mol. The predicted molar refractivity (Wildman–Crippen MR) is 144 cm³/mol. The number of ether oxygens (including phenoxy) is 1. The Balaban J connectivity index is 1.14. The molecule has 1 amide bonds. The minimum atomic E-state index is -1.13. The van der Waals surface area contributed by atoms with Gasteiger partial charge >= 0.3 is 0 Å². The summed E-state index contributed by atoms with van der Waals surface area (Å²) in [6.45, 7) is 3.61. The minimum absolute atomic E-state index is 0.252. The molecule has 0 saturated carbocycles. The number of amides is 1. The zero-order chi connectivity index (χ0) is 27.9. The first-order chi connectivity index (χ1) is 19.5. The zero-order valence-corrected chi connectivity index (χ0v) is 21.8. The van der Waals surface area contributed by atoms with E-state index in [0.29, 0.717) is 35.4 Å². The third-order valence-corrected chi connectivity index (χ3v) is 6.78. The van der Waals surface area contributed by atoms with Gasteiger partial charge in [-0.2, -0.15) is 0 Å². The number of carbonyl (C=O) groups is 1. The van der Waals surface area contributed by atoms with Gasteiger partial charge < -0.3 is 25.4 Å². The highest BCUT2D eigenvalue weighted by Gasteiger charge is 2.18. The van der Waals surface area contributed by atoms with Crippen LogP contribution in [0.15, 0.2) is 48.9 Å². The van der Waals surface area contributed by atoms with Crippen molar-refractivity contribution in [1.29, 1.82) is 0 Å². The molecule has 1 aliphatic rings. The summed E-state index contributed by atoms with van der Waals surface area (Å²) in [7, 11) is 0. The van der Waals surface area contributed by atoms with Crippen LogP contribution in [0, 0.1) is 17.6 Å². The molecule has 13 heteroatoms. The van der Waals surface area contributed by atoms with Gasteiger partial charge in [0, 0.05) is 24.6 Å². The number of hydrogen-bond donors (Lipinski definition) is 3. The summed E-state index contributed by atoms with van der Waals surface area (Å²) in [5.41, 5.74) is 0.433. The third kappa shape index (κ3) is 6.85. The number of benzene rings is 2. The number of rotatable bonds is 11. The number of piperidine rings is 1. The average Bonchev–Trinajstić information content (AvgIpc) is 3.40. The summed E-state index contributed by atoms with van der Waals surface area (Å²) >= 11 is 0. The summed E-state index contributed by atoms with van der Waals surface area (Å²) in [5.74, 6) is -0.780. The Bertz CT molecular complexity index is 1460. The molecule has 210 valence electrons. The number of halogens is 2. The van der Waals surface area contributed by atoms with Crippen LogP contribution in [-0.2, 0) is 11.3 Å². The van der Waals surface area contributed by atoms with Crippen molar-refractivity contribution in [3.8, 4) is 5.75 Å². The fourth-order valence-electron chi connectivity index (χ4n) is 4.59. The summed E-state index contributed by atoms with van der Waals surface area (Å²) in [6, 6.07) is 9.11. The van der Waals surface area contributed by atoms with Crippen molar-refractivity contribution in [2.45, 2.75) is 25.8 Å². The molecule has 3 N–H and O–H groups in total. The van der Waals surface area contributed by atoms with Gasteiger partial charge in [-0.25, -0.2) is 23.4 Å². The predicted octanol–water partition coefficient (Wildman–Crippen LogP) is 3.36. The summed E-state index contributed by atoms with van der Waals surface area (Å²) in [4.78, 5) is 23.3. The molecule has 0 unspecified atom stereocenters. The van der Waals surface area contributed by atoms with Crippen molar-refractivity contribution >= 4 is 34.1 Å². The largest absolute Gasteiger partial charge is 0.493 e. The molecule has 0 spiro atoms. The number of carbonyl (C=O) groups excluding carboxylic acids is 1. The molecule has 2 aromatic carbocycles. The second-order valence-electron chi connectivity index (χ2n) is 9.65. The van der Waals surface area contributed by atoms with Crippen LogP contribution in [0.25, 0.3) is 10.9 Å². The highest BCUT2D eigenvalue weighted by atomic mass is 19.2. The van der Waals surface area contributed by atoms with Crippen molar-refractivity contribution < 1.29 is 23.4 Å². The minimum Gasteiger partial charge on any atom is -0.493 e. The second kappa shape index (κ2) is 12.7. The van der Waals surface area contributed by atoms with Gasteiger partial charge in [-0.15, -0.1) is 5.10 Å². The standard InChI is InChI=1S/C27H30F2N8O3/c28-21-3-1-4-22(26(21)29)32-25(39)15-37-14-24(34-35-37)33-27-20-6-5-19(13-23(20)30-17-31-27)40-12-2-9-36-10-7-18(16-38)8-11-36/h1,3-6,13-14,17-18,38H,2,7-12,15-16H2,(H,32,39)(H,30,31,33). The number of nitrogens with zero attached hydrogens (tertiary/aromatic N) is 6. The Morgan fingerprint density at radius 1 is 1.15 bits per heavy atom. The van der Waals surface area contributed by atoms with Crippen LogP contribution in [0.4, 0.5) is 26.1 Å². The van der Waals surface area contributed by atoms with E-state index < -0.39 is 17.5 Å². The van der Waals surface area contributed by atoms with Gasteiger partial charge in [0.05, 0.1) is 24.0 Å². The molecule has 0 radical (unpaired) electrons. The van der Waals surface area contributed by atoms with Crippen LogP contribution in [0.2, 0.25) is 0 Å². The van der Waals surface area contributed by atoms with E-state index in [1.54, 1.807) is 0 Å². The molecule has 3 heterocycles. The van der Waals surface area contributed by atoms with Crippen molar-refractivity contribution in [2.24, 2.45) is 5.92 Å². The lowest BCUT2D eigenvalue weighted by Crippen LogP contribution is -2.35. The number of likely N-dealkylation sites (tertiary alicyclic amines) is 1. The quantitative estimate of drug-likeness (QED) is 0.240. The van der Waals surface area contributed by atoms with Crippen molar-refractivity contribution in [3.05, 3.63) is 60.6 Å². The number of nitrogens with one attached hydrogen (secondary N) is 2. The zero-order valence-electron chi connectivity index (χ0n) is 21.8. The number of anilines is 3. The van der Waals surface area contributed by atoms with E-state index in [4.69, 9.17) is 4.74 Å². The lowest BCUT2D eigenvalue weighted by Gasteiger charge is -2.30. The Kier molecular flexibility index (Phi) is 8.71. The monoisotopic (exact) mass is 552 g/mol. The van der Waals surface area contributed by atoms with Crippen molar-refractivity contribution in [2.75, 3.05) is 43.5 Å². The maximum Gasteiger partial charge on any atom is 0.246 e. The molecule has 1 aliphatic heterocycles. The van der Waals surface area contributed by atoms with E-state index in [9.17, 15) is 18.7 Å². The number of aliphatic hydroxyl groups excluding tert-OH is 1. The molecule has 1 fully saturated rings. The SMILES string of the molecule is O=C(Cn1cc(Nc2ncnc3cc(OCCCN4CCC(CO)CC4)ccc23)nn1)Nc1cccc(F)c1F. The topological polar surface area (TPSA) is 130 Å². The van der Waals surface area contributed by atoms with Gasteiger partial charge in [-0.3, -0.25) is 4.79 Å². The molecule has 0 atom stereocenters. The summed E-state index contributed by atoms with van der Waals surface area (Å²) in [6.07, 6.45) is 5.92. The first-order valence-corrected chi connectivity index (χ1v) is 13.1. The fraction of sp³-hybridized carbons (Fsp3) is 0.370. The molecule has 0 bridgehead atoms. The van der Waals surface area contributed by atoms with E-state index in [0.717, 1.165) is 50.3 Å². The molecule has 40 heavy (non-hydrogen) atoms. The Morgan fingerprint density at radius 2 is 2.00 bits per heavy atom. The van der Waals surface area contributed by atoms with Crippen LogP contribution < -0.4 is 15.4 Å². The van der Waals surface area contributed by atoms with E-state index in [2.05, 4.69) is 35.8 Å². The first kappa shape index (κ1) is 27.3. The Morgan fingerprint density at radius 3 is 2.83 bits per heavy atom. The number of aromatic nitrogens is 5. The molecule has 0 aliphatic carbocycles. The smallest absolute Gasteiger partial charge is 0.246 e. The molecular weight excluding hydrogens is 522 g/mol. The first-order valence-electron chi connectivity index (χ1n) is 13.1. The van der Waals surface area contributed by atoms with Crippen LogP contribution in [0.1, 0.15) is 19.3 Å². The van der Waals surface area contributed by atoms with E-state index in [1.165, 1.54) is 29.3 Å². The van der Waals surface area contributed by atoms with Crippen LogP contribution in [0.5, 0.6) is 5.75 Å². The fourth-order valence-corrected chi connectivity index (χ4v) is 4.59. The van der Waals surface area contributed by atoms with Crippen molar-refractivity contribution in [1.82, 2.24) is 29.9 Å². The molecule has 11 nitrogen and oxygen atoms in total. The van der Waals surface area contributed by atoms with Crippen LogP contribution in [0.3, 0.4) is 0 Å². The van der Waals surface area contributed by atoms with Crippen LogP contribution >= 0.6 is 0 Å².